The Hall–Kier alpha value is -1.40. The number of aromatic nitrogens is 1. The summed E-state index contributed by atoms with van der Waals surface area (Å²) >= 11 is 0. The van der Waals surface area contributed by atoms with Crippen molar-refractivity contribution in [1.29, 1.82) is 0 Å². The van der Waals surface area contributed by atoms with Crippen molar-refractivity contribution in [3.63, 3.8) is 0 Å². The molecule has 1 aliphatic carbocycles. The number of morpholine rings is 1. The van der Waals surface area contributed by atoms with E-state index in [1.54, 1.807) is 6.07 Å². The van der Waals surface area contributed by atoms with E-state index in [0.717, 1.165) is 19.3 Å². The SMILES string of the molecule is CC(C)OC[C@@H]1CCC[C@@]12CN(C(=O)c1ccno1)CCO2. The number of carbonyl (C=O) groups excluding carboxylic acids is 1. The van der Waals surface area contributed by atoms with Crippen LogP contribution in [0.1, 0.15) is 43.7 Å². The van der Waals surface area contributed by atoms with Gasteiger partial charge in [-0.05, 0) is 26.7 Å². The standard InChI is InChI=1S/C16H24N2O4/c1-12(2)20-10-13-4-3-6-16(13)11-18(8-9-21-16)15(19)14-5-7-17-22-14/h5,7,12-13H,3-4,6,8-11H2,1-2H3/t13-,16+/m0/s1. The molecule has 0 bridgehead atoms. The fourth-order valence-corrected chi connectivity index (χ4v) is 3.52. The van der Waals surface area contributed by atoms with Crippen molar-refractivity contribution >= 4 is 5.91 Å². The Morgan fingerprint density at radius 1 is 1.59 bits per heavy atom. The Balaban J connectivity index is 1.69. The summed E-state index contributed by atoms with van der Waals surface area (Å²) in [5.74, 6) is 0.542. The molecular formula is C16H24N2O4. The van der Waals surface area contributed by atoms with Crippen LogP contribution in [0.5, 0.6) is 0 Å². The smallest absolute Gasteiger partial charge is 0.292 e. The molecule has 122 valence electrons. The van der Waals surface area contributed by atoms with Gasteiger partial charge in [0.15, 0.2) is 0 Å². The number of carbonyl (C=O) groups is 1. The van der Waals surface area contributed by atoms with Crippen LogP contribution in [0, 0.1) is 5.92 Å². The van der Waals surface area contributed by atoms with Crippen LogP contribution < -0.4 is 0 Å². The summed E-state index contributed by atoms with van der Waals surface area (Å²) in [6, 6.07) is 1.61. The van der Waals surface area contributed by atoms with Crippen LogP contribution >= 0.6 is 0 Å². The lowest BCUT2D eigenvalue weighted by atomic mass is 9.89. The molecule has 0 radical (unpaired) electrons. The molecule has 2 aliphatic rings. The topological polar surface area (TPSA) is 64.8 Å². The largest absolute Gasteiger partial charge is 0.378 e. The monoisotopic (exact) mass is 308 g/mol. The van der Waals surface area contributed by atoms with Gasteiger partial charge in [-0.2, -0.15) is 0 Å². The first-order chi connectivity index (χ1) is 10.6. The van der Waals surface area contributed by atoms with Gasteiger partial charge in [0.1, 0.15) is 0 Å². The number of nitrogens with zero attached hydrogens (tertiary/aromatic N) is 2. The third-order valence-corrected chi connectivity index (χ3v) is 4.67. The van der Waals surface area contributed by atoms with E-state index in [-0.39, 0.29) is 17.6 Å². The van der Waals surface area contributed by atoms with E-state index >= 15 is 0 Å². The minimum Gasteiger partial charge on any atom is -0.378 e. The lowest BCUT2D eigenvalue weighted by molar-refractivity contribution is -0.136. The zero-order valence-electron chi connectivity index (χ0n) is 13.3. The molecule has 2 atom stereocenters. The summed E-state index contributed by atoms with van der Waals surface area (Å²) < 4.78 is 17.0. The molecule has 1 saturated carbocycles. The van der Waals surface area contributed by atoms with E-state index < -0.39 is 0 Å². The first-order valence-electron chi connectivity index (χ1n) is 8.06. The lowest BCUT2D eigenvalue weighted by Gasteiger charge is -2.43. The molecule has 0 unspecified atom stereocenters. The average molecular weight is 308 g/mol. The molecular weight excluding hydrogens is 284 g/mol. The Labute approximate surface area is 130 Å². The summed E-state index contributed by atoms with van der Waals surface area (Å²) in [7, 11) is 0. The van der Waals surface area contributed by atoms with Gasteiger partial charge >= 0.3 is 0 Å². The van der Waals surface area contributed by atoms with Crippen molar-refractivity contribution in [2.75, 3.05) is 26.3 Å². The Morgan fingerprint density at radius 2 is 2.45 bits per heavy atom. The minimum atomic E-state index is -0.261. The van der Waals surface area contributed by atoms with Gasteiger partial charge in [0.2, 0.25) is 5.76 Å². The van der Waals surface area contributed by atoms with Crippen LogP contribution in [0.4, 0.5) is 0 Å². The minimum absolute atomic E-state index is 0.101. The third kappa shape index (κ3) is 3.03. The molecule has 1 spiro atoms. The first kappa shape index (κ1) is 15.5. The van der Waals surface area contributed by atoms with Crippen LogP contribution in [0.15, 0.2) is 16.8 Å². The van der Waals surface area contributed by atoms with Crippen LogP contribution in [0.25, 0.3) is 0 Å². The first-order valence-corrected chi connectivity index (χ1v) is 8.06. The third-order valence-electron chi connectivity index (χ3n) is 4.67. The highest BCUT2D eigenvalue weighted by Crippen LogP contribution is 2.41. The van der Waals surface area contributed by atoms with Crippen molar-refractivity contribution < 1.29 is 18.8 Å². The molecule has 0 N–H and O–H groups in total. The van der Waals surface area contributed by atoms with Gasteiger partial charge in [0.25, 0.3) is 5.91 Å². The van der Waals surface area contributed by atoms with Crippen molar-refractivity contribution in [1.82, 2.24) is 10.1 Å². The maximum Gasteiger partial charge on any atom is 0.292 e. The van der Waals surface area contributed by atoms with Gasteiger partial charge in [0.05, 0.1) is 37.7 Å². The summed E-state index contributed by atoms with van der Waals surface area (Å²) in [6.07, 6.45) is 4.92. The molecule has 3 rings (SSSR count). The summed E-state index contributed by atoms with van der Waals surface area (Å²) in [5, 5.41) is 3.62. The molecule has 2 heterocycles. The lowest BCUT2D eigenvalue weighted by Crippen LogP contribution is -2.56. The summed E-state index contributed by atoms with van der Waals surface area (Å²) in [4.78, 5) is 14.3. The quantitative estimate of drug-likeness (QED) is 0.852. The maximum atomic E-state index is 12.5. The van der Waals surface area contributed by atoms with E-state index in [1.807, 2.05) is 18.7 Å². The van der Waals surface area contributed by atoms with Crippen molar-refractivity contribution in [3.8, 4) is 0 Å². The van der Waals surface area contributed by atoms with Crippen molar-refractivity contribution in [3.05, 3.63) is 18.0 Å². The zero-order chi connectivity index (χ0) is 15.6. The molecule has 2 fully saturated rings. The predicted molar refractivity (Wildman–Crippen MR) is 79.5 cm³/mol. The Bertz CT molecular complexity index is 502. The predicted octanol–water partition coefficient (Wildman–Crippen LogP) is 2.11. The molecule has 6 heteroatoms. The highest BCUT2D eigenvalue weighted by atomic mass is 16.5. The normalized spacial score (nSPS) is 28.7. The van der Waals surface area contributed by atoms with Crippen LogP contribution in [0.3, 0.4) is 0 Å². The van der Waals surface area contributed by atoms with E-state index in [0.29, 0.717) is 38.0 Å². The highest BCUT2D eigenvalue weighted by molar-refractivity contribution is 5.91. The number of hydrogen-bond acceptors (Lipinski definition) is 5. The Morgan fingerprint density at radius 3 is 3.18 bits per heavy atom. The van der Waals surface area contributed by atoms with Crippen molar-refractivity contribution in [2.24, 2.45) is 5.92 Å². The second-order valence-electron chi connectivity index (χ2n) is 6.49. The molecule has 6 nitrogen and oxygen atoms in total. The number of amides is 1. The zero-order valence-corrected chi connectivity index (χ0v) is 13.3. The Kier molecular flexibility index (Phi) is 4.49. The molecule has 1 aliphatic heterocycles. The highest BCUT2D eigenvalue weighted by Gasteiger charge is 2.48. The number of ether oxygens (including phenoxy) is 2. The van der Waals surface area contributed by atoms with E-state index in [9.17, 15) is 4.79 Å². The maximum absolute atomic E-state index is 12.5. The van der Waals surface area contributed by atoms with Crippen LogP contribution in [-0.4, -0.2) is 54.0 Å². The fourth-order valence-electron chi connectivity index (χ4n) is 3.52. The van der Waals surface area contributed by atoms with E-state index in [2.05, 4.69) is 5.16 Å². The van der Waals surface area contributed by atoms with Gasteiger partial charge in [-0.25, -0.2) is 0 Å². The molecule has 0 aromatic carbocycles. The van der Waals surface area contributed by atoms with Crippen LogP contribution in [-0.2, 0) is 9.47 Å². The van der Waals surface area contributed by atoms with E-state index in [4.69, 9.17) is 14.0 Å². The van der Waals surface area contributed by atoms with Gasteiger partial charge in [0, 0.05) is 18.5 Å². The number of hydrogen-bond donors (Lipinski definition) is 0. The fraction of sp³-hybridized carbons (Fsp3) is 0.750. The van der Waals surface area contributed by atoms with Gasteiger partial charge in [-0.15, -0.1) is 0 Å². The molecule has 1 amide bonds. The number of rotatable bonds is 4. The van der Waals surface area contributed by atoms with Crippen molar-refractivity contribution in [2.45, 2.75) is 44.8 Å². The van der Waals surface area contributed by atoms with Crippen LogP contribution in [0.2, 0.25) is 0 Å². The second kappa shape index (κ2) is 6.38. The summed E-state index contributed by atoms with van der Waals surface area (Å²) in [6.45, 7) is 6.56. The molecule has 22 heavy (non-hydrogen) atoms. The van der Waals surface area contributed by atoms with Gasteiger partial charge in [-0.3, -0.25) is 4.79 Å². The summed E-state index contributed by atoms with van der Waals surface area (Å²) in [5.41, 5.74) is -0.261. The molecule has 1 aromatic rings. The van der Waals surface area contributed by atoms with E-state index in [1.165, 1.54) is 6.20 Å². The molecule has 1 aromatic heterocycles. The average Bonchev–Trinajstić information content (AvgIpc) is 3.15. The van der Waals surface area contributed by atoms with Gasteiger partial charge < -0.3 is 18.9 Å². The van der Waals surface area contributed by atoms with Gasteiger partial charge in [-0.1, -0.05) is 11.6 Å². The second-order valence-corrected chi connectivity index (χ2v) is 6.49. The molecule has 1 saturated heterocycles.